The minimum Gasteiger partial charge on any atom is -0.370 e. The topological polar surface area (TPSA) is 62.4 Å². The van der Waals surface area contributed by atoms with Crippen molar-refractivity contribution in [2.75, 3.05) is 26.2 Å². The zero-order valence-electron chi connectivity index (χ0n) is 6.56. The van der Waals surface area contributed by atoms with Gasteiger partial charge in [0.15, 0.2) is 0 Å². The maximum Gasteiger partial charge on any atom is 0.118 e. The molecule has 1 fully saturated rings. The van der Waals surface area contributed by atoms with Crippen molar-refractivity contribution in [3.05, 3.63) is 0 Å². The van der Waals surface area contributed by atoms with Crippen molar-refractivity contribution in [3.8, 4) is 0 Å². The quantitative estimate of drug-likeness (QED) is 0.439. The first-order valence-electron chi connectivity index (χ1n) is 4.10. The lowest BCUT2D eigenvalue weighted by molar-refractivity contribution is 0.609. The van der Waals surface area contributed by atoms with Gasteiger partial charge in [0.2, 0.25) is 0 Å². The summed E-state index contributed by atoms with van der Waals surface area (Å²) in [5, 5.41) is 6.47. The third-order valence-electron chi connectivity index (χ3n) is 2.33. The van der Waals surface area contributed by atoms with Crippen LogP contribution < -0.4 is 16.4 Å². The molecular formula is C7H14N4. The Bertz CT molecular complexity index is 181. The fraction of sp³-hybridized carbons (Fsp3) is 0.857. The summed E-state index contributed by atoms with van der Waals surface area (Å²) in [4.78, 5) is 4.33. The Kier molecular flexibility index (Phi) is 1.58. The molecule has 2 rings (SSSR count). The zero-order chi connectivity index (χ0) is 7.73. The van der Waals surface area contributed by atoms with E-state index in [-0.39, 0.29) is 5.54 Å². The van der Waals surface area contributed by atoms with Crippen LogP contribution in [0.5, 0.6) is 0 Å². The summed E-state index contributed by atoms with van der Waals surface area (Å²) in [6, 6.07) is 0. The van der Waals surface area contributed by atoms with Crippen LogP contribution in [0.1, 0.15) is 6.42 Å². The van der Waals surface area contributed by atoms with Crippen molar-refractivity contribution >= 4 is 5.84 Å². The van der Waals surface area contributed by atoms with Gasteiger partial charge in [-0.3, -0.25) is 4.99 Å². The first kappa shape index (κ1) is 7.06. The van der Waals surface area contributed by atoms with Gasteiger partial charge in [-0.15, -0.1) is 0 Å². The highest BCUT2D eigenvalue weighted by atomic mass is 15.1. The van der Waals surface area contributed by atoms with Gasteiger partial charge in [-0.1, -0.05) is 0 Å². The van der Waals surface area contributed by atoms with E-state index in [0.717, 1.165) is 38.4 Å². The molecule has 4 N–H and O–H groups in total. The van der Waals surface area contributed by atoms with Crippen molar-refractivity contribution in [2.24, 2.45) is 10.7 Å². The highest BCUT2D eigenvalue weighted by molar-refractivity contribution is 5.93. The first-order chi connectivity index (χ1) is 5.31. The number of nitrogens with two attached hydrogens (primary N) is 1. The third-order valence-corrected chi connectivity index (χ3v) is 2.33. The summed E-state index contributed by atoms with van der Waals surface area (Å²) in [7, 11) is 0. The normalized spacial score (nSPS) is 37.0. The summed E-state index contributed by atoms with van der Waals surface area (Å²) >= 11 is 0. The molecule has 0 bridgehead atoms. The van der Waals surface area contributed by atoms with Gasteiger partial charge in [0.25, 0.3) is 0 Å². The van der Waals surface area contributed by atoms with Crippen molar-refractivity contribution in [3.63, 3.8) is 0 Å². The Balaban J connectivity index is 2.12. The van der Waals surface area contributed by atoms with E-state index >= 15 is 0 Å². The maximum absolute atomic E-state index is 6.11. The van der Waals surface area contributed by atoms with E-state index in [2.05, 4.69) is 15.6 Å². The molecular weight excluding hydrogens is 140 g/mol. The van der Waals surface area contributed by atoms with E-state index in [1.165, 1.54) is 0 Å². The van der Waals surface area contributed by atoms with Crippen LogP contribution in [0, 0.1) is 0 Å². The molecule has 0 aliphatic carbocycles. The Morgan fingerprint density at radius 1 is 1.45 bits per heavy atom. The second-order valence-electron chi connectivity index (χ2n) is 3.24. The van der Waals surface area contributed by atoms with Crippen molar-refractivity contribution in [2.45, 2.75) is 12.0 Å². The highest BCUT2D eigenvalue weighted by Crippen LogP contribution is 2.13. The summed E-state index contributed by atoms with van der Waals surface area (Å²) in [6.07, 6.45) is 0.999. The molecule has 1 unspecified atom stereocenters. The van der Waals surface area contributed by atoms with E-state index in [9.17, 15) is 0 Å². The molecule has 4 heteroatoms. The van der Waals surface area contributed by atoms with Gasteiger partial charge in [-0.25, -0.2) is 0 Å². The number of hydrogen-bond acceptors (Lipinski definition) is 4. The highest BCUT2D eigenvalue weighted by Gasteiger charge is 2.35. The van der Waals surface area contributed by atoms with Crippen LogP contribution in [0.3, 0.4) is 0 Å². The van der Waals surface area contributed by atoms with E-state index in [0.29, 0.717) is 0 Å². The first-order valence-corrected chi connectivity index (χ1v) is 4.10. The smallest absolute Gasteiger partial charge is 0.118 e. The SMILES string of the molecule is NC1(C2=NCCN2)CCNC1. The van der Waals surface area contributed by atoms with Gasteiger partial charge in [0, 0.05) is 13.1 Å². The van der Waals surface area contributed by atoms with Crippen molar-refractivity contribution < 1.29 is 0 Å². The summed E-state index contributed by atoms with van der Waals surface area (Å²) in [6.45, 7) is 3.71. The van der Waals surface area contributed by atoms with Gasteiger partial charge in [-0.05, 0) is 13.0 Å². The third kappa shape index (κ3) is 1.12. The summed E-state index contributed by atoms with van der Waals surface area (Å²) < 4.78 is 0. The van der Waals surface area contributed by atoms with Crippen LogP contribution in [-0.4, -0.2) is 37.6 Å². The zero-order valence-corrected chi connectivity index (χ0v) is 6.56. The molecule has 2 aliphatic rings. The van der Waals surface area contributed by atoms with Gasteiger partial charge in [0.05, 0.1) is 12.1 Å². The Morgan fingerprint density at radius 2 is 2.36 bits per heavy atom. The van der Waals surface area contributed by atoms with E-state index in [4.69, 9.17) is 5.73 Å². The largest absolute Gasteiger partial charge is 0.370 e. The molecule has 0 spiro atoms. The minimum absolute atomic E-state index is 0.198. The second-order valence-corrected chi connectivity index (χ2v) is 3.24. The fourth-order valence-corrected chi connectivity index (χ4v) is 1.64. The summed E-state index contributed by atoms with van der Waals surface area (Å²) in [5.41, 5.74) is 5.91. The Hall–Kier alpha value is -0.610. The molecule has 62 valence electrons. The van der Waals surface area contributed by atoms with Gasteiger partial charge in [0.1, 0.15) is 5.84 Å². The molecule has 11 heavy (non-hydrogen) atoms. The van der Waals surface area contributed by atoms with E-state index < -0.39 is 0 Å². The molecule has 0 saturated carbocycles. The molecule has 0 aromatic carbocycles. The van der Waals surface area contributed by atoms with Gasteiger partial charge < -0.3 is 16.4 Å². The van der Waals surface area contributed by atoms with Crippen molar-refractivity contribution in [1.82, 2.24) is 10.6 Å². The number of rotatable bonds is 1. The van der Waals surface area contributed by atoms with Gasteiger partial charge >= 0.3 is 0 Å². The average molecular weight is 154 g/mol. The van der Waals surface area contributed by atoms with Crippen LogP contribution in [0.25, 0.3) is 0 Å². The lowest BCUT2D eigenvalue weighted by Gasteiger charge is -2.22. The van der Waals surface area contributed by atoms with Crippen LogP contribution in [0.2, 0.25) is 0 Å². The minimum atomic E-state index is -0.198. The summed E-state index contributed by atoms with van der Waals surface area (Å²) in [5.74, 6) is 1.00. The van der Waals surface area contributed by atoms with Crippen LogP contribution in [0.15, 0.2) is 4.99 Å². The monoisotopic (exact) mass is 154 g/mol. The molecule has 2 heterocycles. The van der Waals surface area contributed by atoms with E-state index in [1.54, 1.807) is 0 Å². The predicted molar refractivity (Wildman–Crippen MR) is 44.7 cm³/mol. The second kappa shape index (κ2) is 2.46. The molecule has 0 radical (unpaired) electrons. The number of hydrogen-bond donors (Lipinski definition) is 3. The predicted octanol–water partition coefficient (Wildman–Crippen LogP) is -1.32. The molecule has 0 aromatic heterocycles. The van der Waals surface area contributed by atoms with Crippen LogP contribution >= 0.6 is 0 Å². The fourth-order valence-electron chi connectivity index (χ4n) is 1.64. The van der Waals surface area contributed by atoms with Crippen LogP contribution in [0.4, 0.5) is 0 Å². The lowest BCUT2D eigenvalue weighted by Crippen LogP contribution is -2.54. The number of aliphatic imine (C=N–C) groups is 1. The maximum atomic E-state index is 6.11. The molecule has 2 aliphatic heterocycles. The Labute approximate surface area is 66.3 Å². The number of nitrogens with zero attached hydrogens (tertiary/aromatic N) is 1. The molecule has 1 atom stereocenters. The molecule has 1 saturated heterocycles. The molecule has 0 aromatic rings. The molecule has 4 nitrogen and oxygen atoms in total. The van der Waals surface area contributed by atoms with Crippen LogP contribution in [-0.2, 0) is 0 Å². The standard InChI is InChI=1S/C7H14N4/c8-7(1-2-9-5-7)6-10-3-4-11-6/h9H,1-5,8H2,(H,10,11). The Morgan fingerprint density at radius 3 is 2.91 bits per heavy atom. The number of nitrogens with one attached hydrogen (secondary N) is 2. The van der Waals surface area contributed by atoms with Crippen molar-refractivity contribution in [1.29, 1.82) is 0 Å². The average Bonchev–Trinajstić information content (AvgIpc) is 2.55. The molecule has 0 amide bonds. The van der Waals surface area contributed by atoms with E-state index in [1.807, 2.05) is 0 Å². The number of amidine groups is 1. The van der Waals surface area contributed by atoms with Gasteiger partial charge in [-0.2, -0.15) is 0 Å². The lowest BCUT2D eigenvalue weighted by atomic mass is 9.99.